The van der Waals surface area contributed by atoms with Crippen LogP contribution in [0.3, 0.4) is 0 Å². The van der Waals surface area contributed by atoms with Crippen molar-refractivity contribution >= 4 is 5.97 Å². The maximum atomic E-state index is 11.5. The topological polar surface area (TPSA) is 50.1 Å². The molecule has 1 aliphatic heterocycles. The third kappa shape index (κ3) is 0.836. The molecule has 2 aliphatic rings. The van der Waals surface area contributed by atoms with Crippen LogP contribution >= 0.6 is 0 Å². The van der Waals surface area contributed by atoms with Crippen molar-refractivity contribution in [1.82, 2.24) is 0 Å². The third-order valence-electron chi connectivity index (χ3n) is 3.82. The second kappa shape index (κ2) is 2.38. The van der Waals surface area contributed by atoms with Crippen molar-refractivity contribution in [2.45, 2.75) is 27.2 Å². The largest absolute Gasteiger partial charge is 0.431 e. The molecule has 0 saturated heterocycles. The summed E-state index contributed by atoms with van der Waals surface area (Å²) >= 11 is 0. The van der Waals surface area contributed by atoms with Gasteiger partial charge in [-0.25, -0.2) is 0 Å². The lowest BCUT2D eigenvalue weighted by atomic mass is 9.45. The van der Waals surface area contributed by atoms with Gasteiger partial charge in [0.05, 0.1) is 17.4 Å². The monoisotopic (exact) mass is 191 g/mol. The van der Waals surface area contributed by atoms with Gasteiger partial charge < -0.3 is 4.74 Å². The minimum Gasteiger partial charge on any atom is -0.431 e. The molecule has 74 valence electrons. The average Bonchev–Trinajstić information content (AvgIpc) is 2.10. The zero-order valence-electron chi connectivity index (χ0n) is 8.63. The van der Waals surface area contributed by atoms with Crippen LogP contribution in [0, 0.1) is 28.1 Å². The molecule has 3 nitrogen and oxygen atoms in total. The first-order chi connectivity index (χ1) is 6.43. The van der Waals surface area contributed by atoms with E-state index in [9.17, 15) is 4.79 Å². The molecule has 1 aliphatic carbocycles. The lowest BCUT2D eigenvalue weighted by molar-refractivity contribution is -0.168. The van der Waals surface area contributed by atoms with Crippen molar-refractivity contribution < 1.29 is 9.53 Å². The van der Waals surface area contributed by atoms with E-state index in [0.29, 0.717) is 12.2 Å². The molecule has 3 atom stereocenters. The Morgan fingerprint density at radius 1 is 1.64 bits per heavy atom. The van der Waals surface area contributed by atoms with Crippen LogP contribution in [0.5, 0.6) is 0 Å². The Hall–Kier alpha value is -1.30. The Morgan fingerprint density at radius 2 is 2.29 bits per heavy atom. The fraction of sp³-hybridized carbons (Fsp3) is 0.636. The van der Waals surface area contributed by atoms with Gasteiger partial charge in [-0.15, -0.1) is 0 Å². The molecule has 0 bridgehead atoms. The summed E-state index contributed by atoms with van der Waals surface area (Å²) in [6.07, 6.45) is 2.54. The van der Waals surface area contributed by atoms with Gasteiger partial charge in [-0.3, -0.25) is 4.79 Å². The van der Waals surface area contributed by atoms with Crippen LogP contribution < -0.4 is 0 Å². The van der Waals surface area contributed by atoms with Crippen LogP contribution in [0.1, 0.15) is 27.2 Å². The molecule has 1 fully saturated rings. The van der Waals surface area contributed by atoms with Crippen molar-refractivity contribution in [1.29, 1.82) is 5.26 Å². The standard InChI is InChI=1S/C11H13NO2/c1-7-4-11(3)8(9(13)14-7)5-10(11,2)6-12/h4,8H,5H2,1-3H3/t8-,10?,11+/m1/s1. The van der Waals surface area contributed by atoms with Crippen LogP contribution in [0.2, 0.25) is 0 Å². The summed E-state index contributed by atoms with van der Waals surface area (Å²) in [6.45, 7) is 5.63. The molecular weight excluding hydrogens is 178 g/mol. The molecule has 3 heteroatoms. The highest BCUT2D eigenvalue weighted by atomic mass is 16.5. The summed E-state index contributed by atoms with van der Waals surface area (Å²) in [6, 6.07) is 2.31. The smallest absolute Gasteiger partial charge is 0.314 e. The number of allylic oxidation sites excluding steroid dienone is 2. The zero-order valence-corrected chi connectivity index (χ0v) is 8.63. The number of carbonyl (C=O) groups is 1. The van der Waals surface area contributed by atoms with Gasteiger partial charge >= 0.3 is 5.97 Å². The Bertz CT molecular complexity index is 379. The van der Waals surface area contributed by atoms with E-state index in [2.05, 4.69) is 6.07 Å². The summed E-state index contributed by atoms with van der Waals surface area (Å²) in [4.78, 5) is 11.5. The molecule has 1 unspecified atom stereocenters. The highest BCUT2D eigenvalue weighted by molar-refractivity contribution is 5.78. The van der Waals surface area contributed by atoms with Crippen LogP contribution in [-0.4, -0.2) is 5.97 Å². The first-order valence-corrected chi connectivity index (χ1v) is 4.75. The fourth-order valence-corrected chi connectivity index (χ4v) is 2.53. The van der Waals surface area contributed by atoms with Gasteiger partial charge in [0.25, 0.3) is 0 Å². The normalized spacial score (nSPS) is 45.4. The molecule has 1 saturated carbocycles. The summed E-state index contributed by atoms with van der Waals surface area (Å²) < 4.78 is 5.04. The van der Waals surface area contributed by atoms with Crippen molar-refractivity contribution in [3.05, 3.63) is 11.8 Å². The lowest BCUT2D eigenvalue weighted by Gasteiger charge is -2.56. The van der Waals surface area contributed by atoms with E-state index in [1.165, 1.54) is 0 Å². The first-order valence-electron chi connectivity index (χ1n) is 4.75. The van der Waals surface area contributed by atoms with Crippen LogP contribution in [0.15, 0.2) is 11.8 Å². The third-order valence-corrected chi connectivity index (χ3v) is 3.82. The van der Waals surface area contributed by atoms with Gasteiger partial charge in [0.2, 0.25) is 0 Å². The second-order valence-electron chi connectivity index (χ2n) is 4.66. The van der Waals surface area contributed by atoms with Crippen LogP contribution in [0.25, 0.3) is 0 Å². The Kier molecular flexibility index (Phi) is 1.58. The summed E-state index contributed by atoms with van der Waals surface area (Å²) in [5.74, 6) is 0.311. The predicted octanol–water partition coefficient (Wildman–Crippen LogP) is 2.00. The van der Waals surface area contributed by atoms with Gasteiger partial charge in [-0.1, -0.05) is 6.92 Å². The molecule has 0 radical (unpaired) electrons. The number of nitriles is 1. The van der Waals surface area contributed by atoms with Crippen molar-refractivity contribution in [2.24, 2.45) is 16.7 Å². The zero-order chi connectivity index (χ0) is 10.6. The fourth-order valence-electron chi connectivity index (χ4n) is 2.53. The quantitative estimate of drug-likeness (QED) is 0.550. The molecule has 0 N–H and O–H groups in total. The van der Waals surface area contributed by atoms with E-state index < -0.39 is 5.41 Å². The lowest BCUT2D eigenvalue weighted by Crippen LogP contribution is -2.58. The minimum absolute atomic E-state index is 0.129. The van der Waals surface area contributed by atoms with Gasteiger partial charge in [-0.2, -0.15) is 5.26 Å². The number of hydrogen-bond donors (Lipinski definition) is 0. The van der Waals surface area contributed by atoms with E-state index in [-0.39, 0.29) is 17.3 Å². The number of hydrogen-bond acceptors (Lipinski definition) is 3. The number of esters is 1. The molecule has 0 aromatic heterocycles. The molecule has 0 amide bonds. The van der Waals surface area contributed by atoms with Crippen molar-refractivity contribution in [3.8, 4) is 6.07 Å². The second-order valence-corrected chi connectivity index (χ2v) is 4.66. The molecule has 0 aromatic carbocycles. The number of fused-ring (bicyclic) bond motifs is 1. The molecule has 2 rings (SSSR count). The predicted molar refractivity (Wildman–Crippen MR) is 49.8 cm³/mol. The Morgan fingerprint density at radius 3 is 2.86 bits per heavy atom. The van der Waals surface area contributed by atoms with E-state index in [4.69, 9.17) is 10.00 Å². The molecular formula is C11H13NO2. The van der Waals surface area contributed by atoms with E-state index in [1.807, 2.05) is 19.9 Å². The highest BCUT2D eigenvalue weighted by Gasteiger charge is 2.64. The number of rotatable bonds is 0. The van der Waals surface area contributed by atoms with Crippen LogP contribution in [-0.2, 0) is 9.53 Å². The summed E-state index contributed by atoms with van der Waals surface area (Å²) in [5.41, 5.74) is -0.750. The maximum absolute atomic E-state index is 11.5. The van der Waals surface area contributed by atoms with Gasteiger partial charge in [0.1, 0.15) is 5.76 Å². The minimum atomic E-state index is -0.418. The van der Waals surface area contributed by atoms with E-state index in [0.717, 1.165) is 0 Å². The summed E-state index contributed by atoms with van der Waals surface area (Å²) in [5, 5.41) is 9.09. The maximum Gasteiger partial charge on any atom is 0.314 e. The highest BCUT2D eigenvalue weighted by Crippen LogP contribution is 2.63. The Labute approximate surface area is 83.4 Å². The molecule has 0 aromatic rings. The molecule has 1 heterocycles. The van der Waals surface area contributed by atoms with Crippen LogP contribution in [0.4, 0.5) is 0 Å². The van der Waals surface area contributed by atoms with Gasteiger partial charge in [0, 0.05) is 5.41 Å². The van der Waals surface area contributed by atoms with Crippen molar-refractivity contribution in [2.75, 3.05) is 0 Å². The number of carbonyl (C=O) groups excluding carboxylic acids is 1. The van der Waals surface area contributed by atoms with Gasteiger partial charge in [0.15, 0.2) is 0 Å². The van der Waals surface area contributed by atoms with E-state index >= 15 is 0 Å². The molecule has 0 spiro atoms. The van der Waals surface area contributed by atoms with Gasteiger partial charge in [-0.05, 0) is 26.3 Å². The number of ether oxygens (including phenoxy) is 1. The SMILES string of the molecule is CC1=C[C@@]2(C)[C@H](CC2(C)C#N)C(=O)O1. The number of cyclic esters (lactones) is 1. The first kappa shape index (κ1) is 9.26. The Balaban J connectivity index is 2.46. The van der Waals surface area contributed by atoms with Crippen molar-refractivity contribution in [3.63, 3.8) is 0 Å². The van der Waals surface area contributed by atoms with E-state index in [1.54, 1.807) is 6.92 Å². The average molecular weight is 191 g/mol. The summed E-state index contributed by atoms with van der Waals surface area (Å²) in [7, 11) is 0. The number of nitrogens with zero attached hydrogens (tertiary/aromatic N) is 1. The molecule has 14 heavy (non-hydrogen) atoms.